The molecule has 0 spiro atoms. The Morgan fingerprint density at radius 3 is 2.67 bits per heavy atom. The second-order valence-corrected chi connectivity index (χ2v) is 10.7. The number of hydrogen-bond acceptors (Lipinski definition) is 3. The molecule has 0 aliphatic heterocycles. The van der Waals surface area contributed by atoms with E-state index in [1.165, 1.54) is 0 Å². The van der Waals surface area contributed by atoms with E-state index in [-0.39, 0.29) is 23.7 Å². The summed E-state index contributed by atoms with van der Waals surface area (Å²) in [6.07, 6.45) is 7.93. The fourth-order valence-corrected chi connectivity index (χ4v) is 8.32. The molecular formula is C26H36O4. The number of aliphatic carboxylic acids is 1. The quantitative estimate of drug-likeness (QED) is 0.292. The zero-order valence-corrected chi connectivity index (χ0v) is 18.8. The fraction of sp³-hybridized carbons (Fsp3) is 0.769. The van der Waals surface area contributed by atoms with Gasteiger partial charge >= 0.3 is 5.97 Å². The van der Waals surface area contributed by atoms with Crippen molar-refractivity contribution < 1.29 is 19.8 Å². The van der Waals surface area contributed by atoms with E-state index >= 15 is 0 Å². The van der Waals surface area contributed by atoms with Gasteiger partial charge in [0.2, 0.25) is 0 Å². The Morgan fingerprint density at radius 1 is 1.33 bits per heavy atom. The van der Waals surface area contributed by atoms with Gasteiger partial charge in [0.1, 0.15) is 17.8 Å². The molecule has 4 aliphatic carbocycles. The number of unbranched alkanes of at least 4 members (excludes halogenated alkanes) is 2. The van der Waals surface area contributed by atoms with Crippen LogP contribution in [0.4, 0.5) is 0 Å². The molecule has 30 heavy (non-hydrogen) atoms. The third kappa shape index (κ3) is 2.28. The van der Waals surface area contributed by atoms with Crippen LogP contribution in [0.3, 0.4) is 0 Å². The Hall–Kier alpha value is -1.60. The summed E-state index contributed by atoms with van der Waals surface area (Å²) in [5.74, 6) is 5.99. The molecule has 164 valence electrons. The van der Waals surface area contributed by atoms with E-state index in [1.807, 2.05) is 13.8 Å². The molecule has 3 fully saturated rings. The second-order valence-electron chi connectivity index (χ2n) is 10.7. The van der Waals surface area contributed by atoms with E-state index in [9.17, 15) is 19.8 Å². The molecule has 4 aliphatic rings. The summed E-state index contributed by atoms with van der Waals surface area (Å²) in [6, 6.07) is 0. The third-order valence-electron chi connectivity index (χ3n) is 9.38. The first-order valence-electron chi connectivity index (χ1n) is 11.8. The molecule has 0 radical (unpaired) electrons. The molecule has 4 nitrogen and oxygen atoms in total. The number of aliphatic hydroxyl groups excluding tert-OH is 1. The van der Waals surface area contributed by atoms with Gasteiger partial charge in [0.15, 0.2) is 0 Å². The van der Waals surface area contributed by atoms with Crippen molar-refractivity contribution in [2.75, 3.05) is 0 Å². The number of carbonyl (C=O) groups excluding carboxylic acids is 1. The van der Waals surface area contributed by atoms with Crippen LogP contribution < -0.4 is 0 Å². The van der Waals surface area contributed by atoms with Crippen LogP contribution in [0.15, 0.2) is 11.6 Å². The largest absolute Gasteiger partial charge is 0.481 e. The smallest absolute Gasteiger partial charge is 0.315 e. The number of aldehydes is 1. The van der Waals surface area contributed by atoms with Crippen molar-refractivity contribution in [2.45, 2.75) is 78.7 Å². The first-order valence-corrected chi connectivity index (χ1v) is 11.8. The van der Waals surface area contributed by atoms with Crippen LogP contribution in [0.5, 0.6) is 0 Å². The second kappa shape index (κ2) is 7.23. The van der Waals surface area contributed by atoms with Gasteiger partial charge in [-0.2, -0.15) is 0 Å². The number of carboxylic acids is 1. The Bertz CT molecular complexity index is 832. The topological polar surface area (TPSA) is 74.6 Å². The Balaban J connectivity index is 1.94. The number of aliphatic hydroxyl groups is 1. The molecule has 2 N–H and O–H groups in total. The monoisotopic (exact) mass is 412 g/mol. The molecule has 4 unspecified atom stereocenters. The minimum atomic E-state index is -1.34. The summed E-state index contributed by atoms with van der Waals surface area (Å²) in [7, 11) is 0. The van der Waals surface area contributed by atoms with Gasteiger partial charge in [-0.1, -0.05) is 58.1 Å². The standard InChI is InChI=1S/C26H36O4/c1-5-6-7-8-9-22(28)25-14-19-17(4)10-11-20(19)24(15-27)13-18(25)12-21(16(2)3)26(24,25)23(29)30/h12,15-20,22,28H,5-7,10-11,13-14H2,1-4H3,(H,29,30)/t17-,18?,19-,20-,22?,24?,25?,26+/m1/s1. The zero-order valence-electron chi connectivity index (χ0n) is 18.8. The van der Waals surface area contributed by atoms with E-state index in [0.717, 1.165) is 37.5 Å². The number of rotatable bonds is 6. The zero-order chi connectivity index (χ0) is 21.9. The highest BCUT2D eigenvalue weighted by Crippen LogP contribution is 2.83. The van der Waals surface area contributed by atoms with E-state index in [2.05, 4.69) is 31.8 Å². The third-order valence-corrected chi connectivity index (χ3v) is 9.38. The van der Waals surface area contributed by atoms with Crippen molar-refractivity contribution in [2.24, 2.45) is 45.8 Å². The maximum atomic E-state index is 13.3. The molecule has 4 rings (SSSR count). The van der Waals surface area contributed by atoms with Crippen molar-refractivity contribution in [3.05, 3.63) is 11.6 Å². The molecule has 4 heteroatoms. The van der Waals surface area contributed by atoms with E-state index in [1.54, 1.807) is 0 Å². The first kappa shape index (κ1) is 21.6. The van der Waals surface area contributed by atoms with Crippen molar-refractivity contribution in [1.29, 1.82) is 0 Å². The summed E-state index contributed by atoms with van der Waals surface area (Å²) in [5.41, 5.74) is -2.33. The van der Waals surface area contributed by atoms with Crippen LogP contribution in [0.2, 0.25) is 0 Å². The number of fused-ring (bicyclic) bond motifs is 2. The molecule has 3 saturated carbocycles. The van der Waals surface area contributed by atoms with Crippen molar-refractivity contribution in [3.8, 4) is 11.8 Å². The Labute approximate surface area is 180 Å². The lowest BCUT2D eigenvalue weighted by Crippen LogP contribution is -2.65. The maximum absolute atomic E-state index is 13.3. The van der Waals surface area contributed by atoms with Gasteiger partial charge in [0.25, 0.3) is 0 Å². The van der Waals surface area contributed by atoms with Gasteiger partial charge in [0, 0.05) is 11.8 Å². The molecule has 0 saturated heterocycles. The predicted molar refractivity (Wildman–Crippen MR) is 115 cm³/mol. The molecule has 0 aromatic rings. The fourth-order valence-electron chi connectivity index (χ4n) is 8.32. The van der Waals surface area contributed by atoms with Crippen LogP contribution >= 0.6 is 0 Å². The molecular weight excluding hydrogens is 376 g/mol. The summed E-state index contributed by atoms with van der Waals surface area (Å²) in [4.78, 5) is 26.2. The van der Waals surface area contributed by atoms with Crippen molar-refractivity contribution in [3.63, 3.8) is 0 Å². The lowest BCUT2D eigenvalue weighted by Gasteiger charge is -2.59. The van der Waals surface area contributed by atoms with Crippen LogP contribution in [-0.4, -0.2) is 28.6 Å². The summed E-state index contributed by atoms with van der Waals surface area (Å²) in [6.45, 7) is 8.38. The summed E-state index contributed by atoms with van der Waals surface area (Å²) < 4.78 is 0. The predicted octanol–water partition coefficient (Wildman–Crippen LogP) is 4.47. The average Bonchev–Trinajstić information content (AvgIpc) is 3.28. The van der Waals surface area contributed by atoms with E-state index in [0.29, 0.717) is 25.2 Å². The first-order chi connectivity index (χ1) is 14.2. The SMILES string of the molecule is CCCCC#CC(O)C12C[C@@H]3[C@H](C)CC[C@H]3C3(C=O)CC1C=C(C(C)C)[C@@]23C(=O)O. The van der Waals surface area contributed by atoms with E-state index < -0.39 is 28.3 Å². The normalized spacial score (nSPS) is 44.3. The lowest BCUT2D eigenvalue weighted by molar-refractivity contribution is -0.188. The highest BCUT2D eigenvalue weighted by Gasteiger charge is 2.85. The molecule has 0 aromatic heterocycles. The number of carboxylic acid groups (broad SMARTS) is 1. The van der Waals surface area contributed by atoms with Crippen LogP contribution in [0, 0.1) is 57.7 Å². The van der Waals surface area contributed by atoms with Crippen molar-refractivity contribution >= 4 is 12.3 Å². The molecule has 8 atom stereocenters. The highest BCUT2D eigenvalue weighted by molar-refractivity contribution is 5.90. The summed E-state index contributed by atoms with van der Waals surface area (Å²) >= 11 is 0. The van der Waals surface area contributed by atoms with Gasteiger partial charge < -0.3 is 15.0 Å². The highest BCUT2D eigenvalue weighted by atomic mass is 16.4. The Kier molecular flexibility index (Phi) is 5.21. The van der Waals surface area contributed by atoms with Gasteiger partial charge in [-0.15, -0.1) is 5.92 Å². The van der Waals surface area contributed by atoms with E-state index in [4.69, 9.17) is 0 Å². The van der Waals surface area contributed by atoms with Gasteiger partial charge in [0.05, 0.1) is 5.41 Å². The molecule has 0 amide bonds. The molecule has 0 aromatic carbocycles. The Morgan fingerprint density at radius 2 is 2.07 bits per heavy atom. The minimum absolute atomic E-state index is 0.0146. The average molecular weight is 413 g/mol. The molecule has 0 heterocycles. The maximum Gasteiger partial charge on any atom is 0.315 e. The number of carbonyl (C=O) groups is 2. The van der Waals surface area contributed by atoms with Gasteiger partial charge in [-0.3, -0.25) is 4.79 Å². The number of allylic oxidation sites excluding steroid dienone is 1. The van der Waals surface area contributed by atoms with Crippen LogP contribution in [0.25, 0.3) is 0 Å². The van der Waals surface area contributed by atoms with Crippen LogP contribution in [0.1, 0.15) is 72.6 Å². The van der Waals surface area contributed by atoms with Gasteiger partial charge in [-0.25, -0.2) is 0 Å². The van der Waals surface area contributed by atoms with Gasteiger partial charge in [-0.05, 0) is 55.3 Å². The molecule has 4 bridgehead atoms. The summed E-state index contributed by atoms with van der Waals surface area (Å²) in [5, 5.41) is 22.4. The van der Waals surface area contributed by atoms with Crippen molar-refractivity contribution in [1.82, 2.24) is 0 Å². The van der Waals surface area contributed by atoms with Crippen LogP contribution in [-0.2, 0) is 9.59 Å². The number of hydrogen-bond donors (Lipinski definition) is 2. The lowest BCUT2D eigenvalue weighted by atomic mass is 9.41. The minimum Gasteiger partial charge on any atom is -0.481 e.